The molecule has 1 fully saturated rings. The first-order valence-corrected chi connectivity index (χ1v) is 6.76. The van der Waals surface area contributed by atoms with Gasteiger partial charge in [-0.3, -0.25) is 4.79 Å². The van der Waals surface area contributed by atoms with Crippen LogP contribution in [0, 0.1) is 16.7 Å². The van der Waals surface area contributed by atoms with E-state index in [1.54, 1.807) is 6.92 Å². The molecular formula is C10H19NO3S. The molecule has 4 nitrogen and oxygen atoms in total. The quantitative estimate of drug-likeness (QED) is 0.770. The number of hydrogen-bond donors (Lipinski definition) is 1. The van der Waals surface area contributed by atoms with E-state index in [1.807, 2.05) is 20.8 Å². The van der Waals surface area contributed by atoms with Crippen molar-refractivity contribution in [1.29, 1.82) is 0 Å². The first-order chi connectivity index (χ1) is 6.51. The Morgan fingerprint density at radius 1 is 1.40 bits per heavy atom. The van der Waals surface area contributed by atoms with E-state index in [4.69, 9.17) is 5.14 Å². The van der Waals surface area contributed by atoms with Gasteiger partial charge in [-0.2, -0.15) is 0 Å². The molecule has 2 atom stereocenters. The summed E-state index contributed by atoms with van der Waals surface area (Å²) in [6.07, 6.45) is 0.443. The van der Waals surface area contributed by atoms with Crippen molar-refractivity contribution >= 4 is 15.8 Å². The van der Waals surface area contributed by atoms with Crippen LogP contribution in [0.3, 0.4) is 0 Å². The van der Waals surface area contributed by atoms with Crippen LogP contribution >= 0.6 is 0 Å². The smallest absolute Gasteiger partial charge is 0.210 e. The molecule has 0 aromatic heterocycles. The maximum absolute atomic E-state index is 11.9. The van der Waals surface area contributed by atoms with Crippen molar-refractivity contribution in [3.63, 3.8) is 0 Å². The highest BCUT2D eigenvalue weighted by Crippen LogP contribution is 2.53. The Morgan fingerprint density at radius 2 is 1.87 bits per heavy atom. The molecule has 0 aromatic carbocycles. The average molecular weight is 233 g/mol. The molecule has 1 aliphatic carbocycles. The predicted octanol–water partition coefficient (Wildman–Crippen LogP) is 0.916. The van der Waals surface area contributed by atoms with E-state index in [0.29, 0.717) is 6.42 Å². The molecular weight excluding hydrogens is 214 g/mol. The van der Waals surface area contributed by atoms with Gasteiger partial charge in [-0.05, 0) is 11.3 Å². The second kappa shape index (κ2) is 3.28. The third kappa shape index (κ3) is 1.95. The highest BCUT2D eigenvalue weighted by molar-refractivity contribution is 7.89. The molecule has 0 heterocycles. The van der Waals surface area contributed by atoms with Gasteiger partial charge in [0, 0.05) is 11.8 Å². The molecule has 1 rings (SSSR count). The van der Waals surface area contributed by atoms with E-state index in [9.17, 15) is 13.2 Å². The van der Waals surface area contributed by atoms with E-state index in [-0.39, 0.29) is 22.9 Å². The minimum atomic E-state index is -3.61. The minimum Gasteiger partial charge on any atom is -0.299 e. The number of Topliss-reactive ketones (excluding diaryl/α,β-unsaturated/α-hetero) is 1. The first kappa shape index (κ1) is 12.6. The van der Waals surface area contributed by atoms with Crippen molar-refractivity contribution in [2.45, 2.75) is 34.1 Å². The monoisotopic (exact) mass is 233 g/mol. The Hall–Kier alpha value is -0.420. The summed E-state index contributed by atoms with van der Waals surface area (Å²) in [5.74, 6) is -0.0540. The number of carbonyl (C=O) groups excluding carboxylic acids is 1. The zero-order chi connectivity index (χ0) is 12.1. The summed E-state index contributed by atoms with van der Waals surface area (Å²) in [7, 11) is -3.61. The zero-order valence-electron chi connectivity index (χ0n) is 9.70. The summed E-state index contributed by atoms with van der Waals surface area (Å²) < 4.78 is 22.3. The molecule has 0 aromatic rings. The van der Waals surface area contributed by atoms with Crippen LogP contribution < -0.4 is 5.14 Å². The second-order valence-corrected chi connectivity index (χ2v) is 7.00. The Labute approximate surface area is 91.3 Å². The third-order valence-electron chi connectivity index (χ3n) is 4.25. The Bertz CT molecular complexity index is 385. The minimum absolute atomic E-state index is 0.00836. The summed E-state index contributed by atoms with van der Waals surface area (Å²) >= 11 is 0. The number of rotatable bonds is 2. The number of sulfonamides is 1. The fraction of sp³-hybridized carbons (Fsp3) is 0.900. The van der Waals surface area contributed by atoms with Crippen molar-refractivity contribution in [2.24, 2.45) is 21.9 Å². The molecule has 0 spiro atoms. The van der Waals surface area contributed by atoms with Gasteiger partial charge in [0.05, 0.1) is 5.75 Å². The maximum atomic E-state index is 11.9. The van der Waals surface area contributed by atoms with Crippen LogP contribution in [0.15, 0.2) is 0 Å². The SMILES string of the molecule is CC1CC(=O)[C@](C)(CS(N)(=O)=O)C1(C)C. The number of ketones is 1. The van der Waals surface area contributed by atoms with Crippen LogP contribution in [0.5, 0.6) is 0 Å². The predicted molar refractivity (Wildman–Crippen MR) is 58.7 cm³/mol. The molecule has 2 N–H and O–H groups in total. The molecule has 0 amide bonds. The Kier molecular flexibility index (Phi) is 2.77. The summed E-state index contributed by atoms with van der Waals surface area (Å²) in [6, 6.07) is 0. The van der Waals surface area contributed by atoms with E-state index < -0.39 is 15.4 Å². The summed E-state index contributed by atoms with van der Waals surface area (Å²) in [5.41, 5.74) is -1.17. The number of primary sulfonamides is 1. The van der Waals surface area contributed by atoms with E-state index in [1.165, 1.54) is 0 Å². The van der Waals surface area contributed by atoms with Crippen LogP contribution in [0.4, 0.5) is 0 Å². The normalized spacial score (nSPS) is 35.8. The molecule has 0 bridgehead atoms. The van der Waals surface area contributed by atoms with Gasteiger partial charge in [0.1, 0.15) is 5.78 Å². The largest absolute Gasteiger partial charge is 0.299 e. The maximum Gasteiger partial charge on any atom is 0.210 e. The topological polar surface area (TPSA) is 77.2 Å². The first-order valence-electron chi connectivity index (χ1n) is 5.04. The zero-order valence-corrected chi connectivity index (χ0v) is 10.5. The Morgan fingerprint density at radius 3 is 2.13 bits per heavy atom. The number of carbonyl (C=O) groups is 1. The molecule has 1 aliphatic rings. The molecule has 0 radical (unpaired) electrons. The van der Waals surface area contributed by atoms with E-state index >= 15 is 0 Å². The van der Waals surface area contributed by atoms with Gasteiger partial charge in [0.2, 0.25) is 10.0 Å². The van der Waals surface area contributed by atoms with E-state index in [0.717, 1.165) is 0 Å². The fourth-order valence-electron chi connectivity index (χ4n) is 2.33. The molecule has 15 heavy (non-hydrogen) atoms. The summed E-state index contributed by atoms with van der Waals surface area (Å²) in [5, 5.41) is 5.05. The van der Waals surface area contributed by atoms with Crippen LogP contribution in [0.1, 0.15) is 34.1 Å². The van der Waals surface area contributed by atoms with Crippen LogP contribution in [0.25, 0.3) is 0 Å². The summed E-state index contributed by atoms with van der Waals surface area (Å²) in [6.45, 7) is 7.57. The van der Waals surface area contributed by atoms with E-state index in [2.05, 4.69) is 0 Å². The van der Waals surface area contributed by atoms with Crippen molar-refractivity contribution in [1.82, 2.24) is 0 Å². The molecule has 1 saturated carbocycles. The van der Waals surface area contributed by atoms with Crippen molar-refractivity contribution in [3.8, 4) is 0 Å². The van der Waals surface area contributed by atoms with Crippen LogP contribution in [0.2, 0.25) is 0 Å². The lowest BCUT2D eigenvalue weighted by Crippen LogP contribution is -2.44. The average Bonchev–Trinajstić information content (AvgIpc) is 2.10. The molecule has 0 saturated heterocycles. The van der Waals surface area contributed by atoms with Gasteiger partial charge in [0.15, 0.2) is 0 Å². The highest BCUT2D eigenvalue weighted by Gasteiger charge is 2.56. The fourth-order valence-corrected chi connectivity index (χ4v) is 3.67. The summed E-state index contributed by atoms with van der Waals surface area (Å²) in [4.78, 5) is 11.9. The van der Waals surface area contributed by atoms with Gasteiger partial charge in [-0.15, -0.1) is 0 Å². The molecule has 88 valence electrons. The third-order valence-corrected chi connectivity index (χ3v) is 5.23. The Balaban J connectivity index is 3.16. The van der Waals surface area contributed by atoms with Gasteiger partial charge < -0.3 is 0 Å². The highest BCUT2D eigenvalue weighted by atomic mass is 32.2. The molecule has 1 unspecified atom stereocenters. The van der Waals surface area contributed by atoms with Crippen LogP contribution in [-0.4, -0.2) is 20.0 Å². The van der Waals surface area contributed by atoms with Gasteiger partial charge in [0.25, 0.3) is 0 Å². The van der Waals surface area contributed by atoms with Gasteiger partial charge in [-0.25, -0.2) is 13.6 Å². The van der Waals surface area contributed by atoms with Crippen molar-refractivity contribution < 1.29 is 13.2 Å². The van der Waals surface area contributed by atoms with Crippen molar-refractivity contribution in [2.75, 3.05) is 5.75 Å². The lowest BCUT2D eigenvalue weighted by molar-refractivity contribution is -0.126. The second-order valence-electron chi connectivity index (χ2n) is 5.39. The number of nitrogens with two attached hydrogens (primary N) is 1. The number of hydrogen-bond acceptors (Lipinski definition) is 3. The lowest BCUT2D eigenvalue weighted by Gasteiger charge is -2.38. The molecule has 0 aliphatic heterocycles. The van der Waals surface area contributed by atoms with Crippen LogP contribution in [-0.2, 0) is 14.8 Å². The van der Waals surface area contributed by atoms with Crippen molar-refractivity contribution in [3.05, 3.63) is 0 Å². The standard InChI is InChI=1S/C10H19NO3S/c1-7-5-8(12)10(4,9(7,2)3)6-15(11,13)14/h7H,5-6H2,1-4H3,(H2,11,13,14)/t7?,10-/m0/s1. The van der Waals surface area contributed by atoms with Gasteiger partial charge >= 0.3 is 0 Å². The molecule has 5 heteroatoms. The van der Waals surface area contributed by atoms with Gasteiger partial charge in [-0.1, -0.05) is 27.7 Å². The lowest BCUT2D eigenvalue weighted by atomic mass is 9.67.